The van der Waals surface area contributed by atoms with Crippen LogP contribution in [0.1, 0.15) is 18.9 Å². The molecule has 15 heavy (non-hydrogen) atoms. The molecule has 82 valence electrons. The lowest BCUT2D eigenvalue weighted by Gasteiger charge is -2.05. The van der Waals surface area contributed by atoms with Gasteiger partial charge in [0.05, 0.1) is 0 Å². The van der Waals surface area contributed by atoms with E-state index in [1.807, 2.05) is 25.2 Å². The van der Waals surface area contributed by atoms with Gasteiger partial charge in [-0.2, -0.15) is 0 Å². The van der Waals surface area contributed by atoms with Gasteiger partial charge in [-0.05, 0) is 31.2 Å². The van der Waals surface area contributed by atoms with E-state index in [0.29, 0.717) is 0 Å². The molecule has 0 unspecified atom stereocenters. The van der Waals surface area contributed by atoms with Crippen LogP contribution in [-0.4, -0.2) is 13.6 Å². The first kappa shape index (κ1) is 12.8. The number of halogens is 2. The van der Waals surface area contributed by atoms with Crippen molar-refractivity contribution >= 4 is 33.6 Å². The first-order valence-corrected chi connectivity index (χ1v) is 6.13. The fourth-order valence-electron chi connectivity index (χ4n) is 1.34. The summed E-state index contributed by atoms with van der Waals surface area (Å²) in [6.07, 6.45) is 3.18. The van der Waals surface area contributed by atoms with E-state index in [2.05, 4.69) is 34.2 Å². The van der Waals surface area contributed by atoms with Gasteiger partial charge in [0.2, 0.25) is 0 Å². The summed E-state index contributed by atoms with van der Waals surface area (Å²) in [5.74, 6) is 0. The minimum Gasteiger partial charge on any atom is -0.316 e. The van der Waals surface area contributed by atoms with Crippen molar-refractivity contribution in [2.45, 2.75) is 13.3 Å². The lowest BCUT2D eigenvalue weighted by Crippen LogP contribution is -2.09. The van der Waals surface area contributed by atoms with E-state index in [1.54, 1.807) is 0 Å². The van der Waals surface area contributed by atoms with Crippen LogP contribution in [0, 0.1) is 0 Å². The smallest absolute Gasteiger partial charge is 0.0489 e. The van der Waals surface area contributed by atoms with Crippen molar-refractivity contribution in [2.24, 2.45) is 0 Å². The van der Waals surface area contributed by atoms with E-state index in [0.717, 1.165) is 28.0 Å². The zero-order chi connectivity index (χ0) is 11.3. The number of hydrogen-bond donors (Lipinski definition) is 1. The van der Waals surface area contributed by atoms with Gasteiger partial charge >= 0.3 is 0 Å². The van der Waals surface area contributed by atoms with Gasteiger partial charge in [-0.3, -0.25) is 0 Å². The van der Waals surface area contributed by atoms with Crippen LogP contribution in [0.3, 0.4) is 0 Å². The highest BCUT2D eigenvalue weighted by Gasteiger charge is 1.99. The van der Waals surface area contributed by atoms with Crippen LogP contribution >= 0.6 is 27.5 Å². The molecule has 1 N–H and O–H groups in total. The molecule has 0 radical (unpaired) electrons. The van der Waals surface area contributed by atoms with Gasteiger partial charge in [-0.1, -0.05) is 52.2 Å². The third-order valence-corrected chi connectivity index (χ3v) is 3.00. The minimum absolute atomic E-state index is 0.784. The van der Waals surface area contributed by atoms with Crippen molar-refractivity contribution in [1.82, 2.24) is 5.32 Å². The van der Waals surface area contributed by atoms with Crippen LogP contribution in [0.4, 0.5) is 0 Å². The van der Waals surface area contributed by atoms with Crippen molar-refractivity contribution in [3.63, 3.8) is 0 Å². The van der Waals surface area contributed by atoms with Crippen molar-refractivity contribution in [3.05, 3.63) is 38.8 Å². The molecule has 0 aromatic heterocycles. The topological polar surface area (TPSA) is 12.0 Å². The fraction of sp³-hybridized carbons (Fsp3) is 0.333. The monoisotopic (exact) mass is 287 g/mol. The summed E-state index contributed by atoms with van der Waals surface area (Å²) in [6, 6.07) is 5.95. The Morgan fingerprint density at radius 3 is 2.80 bits per heavy atom. The van der Waals surface area contributed by atoms with Crippen LogP contribution < -0.4 is 5.32 Å². The quantitative estimate of drug-likeness (QED) is 0.879. The average molecular weight is 289 g/mol. The number of benzene rings is 1. The second kappa shape index (κ2) is 6.31. The van der Waals surface area contributed by atoms with Gasteiger partial charge < -0.3 is 5.32 Å². The average Bonchev–Trinajstić information content (AvgIpc) is 2.21. The molecule has 1 aromatic carbocycles. The molecule has 0 bridgehead atoms. The van der Waals surface area contributed by atoms with Crippen LogP contribution in [-0.2, 0) is 0 Å². The third-order valence-electron chi connectivity index (χ3n) is 2.18. The standard InChI is InChI=1S/C12H15BrClN/c1-3-9(8-15-2)6-10-4-5-11(13)7-12(10)14/h4-7,15H,3,8H2,1-2H3/b9-6-. The Balaban J connectivity index is 2.95. The summed E-state index contributed by atoms with van der Waals surface area (Å²) in [5.41, 5.74) is 2.42. The molecule has 0 heterocycles. The largest absolute Gasteiger partial charge is 0.316 e. The molecule has 0 fully saturated rings. The predicted molar refractivity (Wildman–Crippen MR) is 71.3 cm³/mol. The lowest BCUT2D eigenvalue weighted by molar-refractivity contribution is 0.851. The highest BCUT2D eigenvalue weighted by atomic mass is 79.9. The first-order valence-electron chi connectivity index (χ1n) is 4.96. The highest BCUT2D eigenvalue weighted by Crippen LogP contribution is 2.23. The van der Waals surface area contributed by atoms with Crippen LogP contribution in [0.25, 0.3) is 6.08 Å². The third kappa shape index (κ3) is 3.98. The summed E-state index contributed by atoms with van der Waals surface area (Å²) < 4.78 is 1.01. The van der Waals surface area contributed by atoms with E-state index >= 15 is 0 Å². The Bertz CT molecular complexity index is 361. The highest BCUT2D eigenvalue weighted by molar-refractivity contribution is 9.10. The maximum absolute atomic E-state index is 6.14. The summed E-state index contributed by atoms with van der Waals surface area (Å²) in [6.45, 7) is 3.05. The van der Waals surface area contributed by atoms with E-state index in [1.165, 1.54) is 5.57 Å². The van der Waals surface area contributed by atoms with Gasteiger partial charge in [0.15, 0.2) is 0 Å². The lowest BCUT2D eigenvalue weighted by atomic mass is 10.1. The molecular formula is C12H15BrClN. The van der Waals surface area contributed by atoms with Gasteiger partial charge in [0, 0.05) is 16.0 Å². The molecule has 1 aromatic rings. The molecule has 0 saturated carbocycles. The minimum atomic E-state index is 0.784. The molecular weight excluding hydrogens is 273 g/mol. The van der Waals surface area contributed by atoms with Gasteiger partial charge in [-0.15, -0.1) is 0 Å². The number of hydrogen-bond acceptors (Lipinski definition) is 1. The maximum atomic E-state index is 6.14. The summed E-state index contributed by atoms with van der Waals surface area (Å²) in [7, 11) is 1.95. The van der Waals surface area contributed by atoms with Crippen molar-refractivity contribution in [1.29, 1.82) is 0 Å². The molecule has 0 aliphatic heterocycles. The molecule has 0 spiro atoms. The van der Waals surface area contributed by atoms with E-state index in [4.69, 9.17) is 11.6 Å². The predicted octanol–water partition coefficient (Wildman–Crippen LogP) is 4.12. The molecule has 1 nitrogen and oxygen atoms in total. The maximum Gasteiger partial charge on any atom is 0.0489 e. The molecule has 0 aliphatic carbocycles. The zero-order valence-corrected chi connectivity index (χ0v) is 11.3. The second-order valence-electron chi connectivity index (χ2n) is 3.35. The zero-order valence-electron chi connectivity index (χ0n) is 8.98. The van der Waals surface area contributed by atoms with Gasteiger partial charge in [0.1, 0.15) is 0 Å². The van der Waals surface area contributed by atoms with Crippen LogP contribution in [0.2, 0.25) is 5.02 Å². The number of rotatable bonds is 4. The van der Waals surface area contributed by atoms with E-state index in [9.17, 15) is 0 Å². The van der Waals surface area contributed by atoms with E-state index in [-0.39, 0.29) is 0 Å². The van der Waals surface area contributed by atoms with Gasteiger partial charge in [-0.25, -0.2) is 0 Å². The Hall–Kier alpha value is -0.310. The molecule has 0 amide bonds. The molecule has 1 rings (SSSR count). The normalized spacial score (nSPS) is 11.9. The number of likely N-dealkylation sites (N-methyl/N-ethyl adjacent to an activating group) is 1. The van der Waals surface area contributed by atoms with Crippen molar-refractivity contribution < 1.29 is 0 Å². The summed E-state index contributed by atoms with van der Waals surface area (Å²) in [5, 5.41) is 3.93. The van der Waals surface area contributed by atoms with E-state index < -0.39 is 0 Å². The summed E-state index contributed by atoms with van der Waals surface area (Å²) >= 11 is 9.53. The molecule has 0 aliphatic rings. The van der Waals surface area contributed by atoms with Gasteiger partial charge in [0.25, 0.3) is 0 Å². The Morgan fingerprint density at radius 1 is 1.53 bits per heavy atom. The summed E-state index contributed by atoms with van der Waals surface area (Å²) in [4.78, 5) is 0. The Labute approximate surface area is 105 Å². The number of nitrogens with one attached hydrogen (secondary N) is 1. The second-order valence-corrected chi connectivity index (χ2v) is 4.68. The fourth-order valence-corrected chi connectivity index (χ4v) is 2.07. The molecule has 3 heteroatoms. The Morgan fingerprint density at radius 2 is 2.27 bits per heavy atom. The van der Waals surface area contributed by atoms with Crippen molar-refractivity contribution in [2.75, 3.05) is 13.6 Å². The SMILES string of the molecule is CC/C(=C/c1ccc(Br)cc1Cl)CNC. The van der Waals surface area contributed by atoms with Crippen LogP contribution in [0.15, 0.2) is 28.2 Å². The van der Waals surface area contributed by atoms with Crippen molar-refractivity contribution in [3.8, 4) is 0 Å². The Kier molecular flexibility index (Phi) is 5.37. The first-order chi connectivity index (χ1) is 7.17. The molecule has 0 atom stereocenters. The van der Waals surface area contributed by atoms with Crippen LogP contribution in [0.5, 0.6) is 0 Å². The molecule has 0 saturated heterocycles.